The molecule has 158 valence electrons. The van der Waals surface area contributed by atoms with E-state index in [2.05, 4.69) is 31.0 Å². The number of aryl methyl sites for hydroxylation is 1. The predicted octanol–water partition coefficient (Wildman–Crippen LogP) is 4.12. The highest BCUT2D eigenvalue weighted by atomic mass is 32.1. The minimum absolute atomic E-state index is 0.219. The molecule has 5 rings (SSSR count). The Kier molecular flexibility index (Phi) is 5.18. The van der Waals surface area contributed by atoms with Gasteiger partial charge in [0, 0.05) is 30.8 Å². The summed E-state index contributed by atoms with van der Waals surface area (Å²) in [6, 6.07) is 18.6. The second-order valence-electron chi connectivity index (χ2n) is 6.90. The Labute approximate surface area is 187 Å². The second-order valence-corrected chi connectivity index (χ2v) is 7.85. The molecule has 0 bridgehead atoms. The molecular formula is C22H18N8OS. The first-order chi connectivity index (χ1) is 15.7. The first kappa shape index (κ1) is 19.6. The van der Waals surface area contributed by atoms with Crippen LogP contribution in [0.2, 0.25) is 0 Å². The van der Waals surface area contributed by atoms with E-state index in [9.17, 15) is 4.79 Å². The van der Waals surface area contributed by atoms with Crippen LogP contribution in [0.4, 0.5) is 17.2 Å². The normalized spacial score (nSPS) is 10.8. The molecule has 0 aliphatic rings. The van der Waals surface area contributed by atoms with Gasteiger partial charge < -0.3 is 10.6 Å². The molecule has 0 spiro atoms. The third-order valence-electron chi connectivity index (χ3n) is 4.69. The van der Waals surface area contributed by atoms with Crippen LogP contribution < -0.4 is 10.6 Å². The smallest absolute Gasteiger partial charge is 0.273 e. The Morgan fingerprint density at radius 3 is 2.53 bits per heavy atom. The maximum Gasteiger partial charge on any atom is 0.273 e. The lowest BCUT2D eigenvalue weighted by molar-refractivity contribution is 0.101. The molecule has 0 saturated heterocycles. The van der Waals surface area contributed by atoms with E-state index >= 15 is 0 Å². The van der Waals surface area contributed by atoms with Crippen LogP contribution in [-0.2, 0) is 7.05 Å². The number of carbonyl (C=O) groups is 1. The molecule has 1 aromatic carbocycles. The number of carbonyl (C=O) groups excluding carboxylic acids is 1. The number of benzene rings is 1. The Balaban J connectivity index is 1.24. The molecule has 32 heavy (non-hydrogen) atoms. The van der Waals surface area contributed by atoms with Gasteiger partial charge in [-0.1, -0.05) is 6.07 Å². The van der Waals surface area contributed by atoms with Crippen LogP contribution in [-0.4, -0.2) is 35.7 Å². The summed E-state index contributed by atoms with van der Waals surface area (Å²) in [5.41, 5.74) is 2.78. The minimum atomic E-state index is -0.219. The monoisotopic (exact) mass is 442 g/mol. The Morgan fingerprint density at radius 2 is 1.84 bits per heavy atom. The molecule has 10 heteroatoms. The number of nitrogens with zero attached hydrogens (tertiary/aromatic N) is 6. The number of anilines is 3. The number of thiophene rings is 1. The topological polar surface area (TPSA) is 103 Å². The number of amides is 1. The third kappa shape index (κ3) is 4.12. The summed E-state index contributed by atoms with van der Waals surface area (Å²) in [7, 11) is 1.76. The van der Waals surface area contributed by atoms with Crippen LogP contribution in [0, 0.1) is 0 Å². The van der Waals surface area contributed by atoms with Crippen LogP contribution in [0.25, 0.3) is 16.4 Å². The third-order valence-corrected chi connectivity index (χ3v) is 5.58. The lowest BCUT2D eigenvalue weighted by atomic mass is 10.2. The van der Waals surface area contributed by atoms with E-state index in [-0.39, 0.29) is 5.91 Å². The van der Waals surface area contributed by atoms with Gasteiger partial charge in [0.15, 0.2) is 11.6 Å². The highest BCUT2D eigenvalue weighted by molar-refractivity contribution is 7.13. The minimum Gasteiger partial charge on any atom is -0.339 e. The fraction of sp³-hybridized carbons (Fsp3) is 0.0455. The van der Waals surface area contributed by atoms with Crippen LogP contribution in [0.15, 0.2) is 78.4 Å². The molecule has 4 heterocycles. The van der Waals surface area contributed by atoms with Gasteiger partial charge in [0.1, 0.15) is 11.4 Å². The van der Waals surface area contributed by atoms with Gasteiger partial charge in [-0.05, 0) is 60.0 Å². The van der Waals surface area contributed by atoms with Crippen LogP contribution in [0.3, 0.4) is 0 Å². The summed E-state index contributed by atoms with van der Waals surface area (Å²) in [5.74, 6) is 1.02. The first-order valence-electron chi connectivity index (χ1n) is 9.76. The number of hydrogen-bond acceptors (Lipinski definition) is 7. The zero-order valence-corrected chi connectivity index (χ0v) is 17.8. The molecule has 0 atom stereocenters. The zero-order chi connectivity index (χ0) is 21.9. The fourth-order valence-electron chi connectivity index (χ4n) is 3.12. The van der Waals surface area contributed by atoms with E-state index in [1.807, 2.05) is 60.0 Å². The van der Waals surface area contributed by atoms with E-state index in [1.54, 1.807) is 46.2 Å². The number of hydrogen-bond donors (Lipinski definition) is 2. The highest BCUT2D eigenvalue weighted by Crippen LogP contribution is 2.24. The molecule has 4 aromatic heterocycles. The number of nitrogens with one attached hydrogen (secondary N) is 2. The summed E-state index contributed by atoms with van der Waals surface area (Å²) in [6.07, 6.45) is 3.49. The summed E-state index contributed by atoms with van der Waals surface area (Å²) < 4.78 is 3.23. The SMILES string of the molecule is Cn1nc(-c2cccs2)cc1C(=O)Nc1ccc(Nc2ccc(-n3cccn3)nn2)cc1. The lowest BCUT2D eigenvalue weighted by Crippen LogP contribution is -2.16. The van der Waals surface area contributed by atoms with E-state index in [0.717, 1.165) is 16.3 Å². The zero-order valence-electron chi connectivity index (χ0n) is 17.0. The Bertz CT molecular complexity index is 1320. The lowest BCUT2D eigenvalue weighted by Gasteiger charge is -2.08. The average Bonchev–Trinajstić information content (AvgIpc) is 3.57. The fourth-order valence-corrected chi connectivity index (χ4v) is 3.80. The van der Waals surface area contributed by atoms with Crippen molar-refractivity contribution in [2.75, 3.05) is 10.6 Å². The molecule has 0 radical (unpaired) electrons. The molecule has 1 amide bonds. The van der Waals surface area contributed by atoms with Crippen molar-refractivity contribution in [2.45, 2.75) is 0 Å². The molecule has 0 fully saturated rings. The van der Waals surface area contributed by atoms with Crippen molar-refractivity contribution in [1.29, 1.82) is 0 Å². The standard InChI is InChI=1S/C22H18N8OS/c1-29-18(14-17(28-29)19-4-2-13-32-19)22(31)25-16-7-5-15(6-8-16)24-20-9-10-21(27-26-20)30-12-3-11-23-30/h2-14H,1H3,(H,24,26)(H,25,31). The molecule has 0 unspecified atom stereocenters. The Hall–Kier alpha value is -4.31. The molecule has 0 saturated carbocycles. The summed E-state index contributed by atoms with van der Waals surface area (Å²) >= 11 is 1.59. The van der Waals surface area contributed by atoms with Gasteiger partial charge in [0.2, 0.25) is 0 Å². The van der Waals surface area contributed by atoms with Crippen molar-refractivity contribution >= 4 is 34.4 Å². The summed E-state index contributed by atoms with van der Waals surface area (Å²) in [4.78, 5) is 13.7. The van der Waals surface area contributed by atoms with E-state index in [1.165, 1.54) is 0 Å². The van der Waals surface area contributed by atoms with Crippen molar-refractivity contribution < 1.29 is 4.79 Å². The van der Waals surface area contributed by atoms with Crippen LogP contribution in [0.1, 0.15) is 10.5 Å². The van der Waals surface area contributed by atoms with Crippen LogP contribution in [0.5, 0.6) is 0 Å². The Morgan fingerprint density at radius 1 is 1.00 bits per heavy atom. The molecule has 2 N–H and O–H groups in total. The van der Waals surface area contributed by atoms with E-state index < -0.39 is 0 Å². The van der Waals surface area contributed by atoms with Gasteiger partial charge in [0.25, 0.3) is 5.91 Å². The maximum atomic E-state index is 12.7. The van der Waals surface area contributed by atoms with Gasteiger partial charge in [-0.15, -0.1) is 21.5 Å². The number of rotatable bonds is 6. The van der Waals surface area contributed by atoms with Crippen molar-refractivity contribution in [3.05, 3.63) is 84.1 Å². The van der Waals surface area contributed by atoms with Gasteiger partial charge >= 0.3 is 0 Å². The molecule has 9 nitrogen and oxygen atoms in total. The van der Waals surface area contributed by atoms with Crippen LogP contribution >= 0.6 is 11.3 Å². The molecule has 0 aliphatic heterocycles. The van der Waals surface area contributed by atoms with E-state index in [4.69, 9.17) is 0 Å². The van der Waals surface area contributed by atoms with Crippen molar-refractivity contribution in [3.63, 3.8) is 0 Å². The quantitative estimate of drug-likeness (QED) is 0.410. The largest absolute Gasteiger partial charge is 0.339 e. The van der Waals surface area contributed by atoms with Crippen molar-refractivity contribution in [3.8, 4) is 16.4 Å². The molecular weight excluding hydrogens is 424 g/mol. The van der Waals surface area contributed by atoms with Crippen molar-refractivity contribution in [2.24, 2.45) is 7.05 Å². The van der Waals surface area contributed by atoms with Gasteiger partial charge in [-0.3, -0.25) is 9.48 Å². The van der Waals surface area contributed by atoms with E-state index in [0.29, 0.717) is 23.0 Å². The maximum absolute atomic E-state index is 12.7. The first-order valence-corrected chi connectivity index (χ1v) is 10.6. The van der Waals surface area contributed by atoms with Gasteiger partial charge in [-0.25, -0.2) is 4.68 Å². The van der Waals surface area contributed by atoms with Crippen molar-refractivity contribution in [1.82, 2.24) is 29.8 Å². The number of aromatic nitrogens is 6. The highest BCUT2D eigenvalue weighted by Gasteiger charge is 2.15. The molecule has 0 aliphatic carbocycles. The van der Waals surface area contributed by atoms with Gasteiger partial charge in [0.05, 0.1) is 4.88 Å². The average molecular weight is 443 g/mol. The summed E-state index contributed by atoms with van der Waals surface area (Å²) in [6.45, 7) is 0. The van der Waals surface area contributed by atoms with Gasteiger partial charge in [-0.2, -0.15) is 10.2 Å². The summed E-state index contributed by atoms with van der Waals surface area (Å²) in [5, 5.41) is 25.0. The molecule has 5 aromatic rings. The predicted molar refractivity (Wildman–Crippen MR) is 123 cm³/mol. The second kappa shape index (κ2) is 8.44.